The number of hydrogen-bond donors (Lipinski definition) is 1. The van der Waals surface area contributed by atoms with Crippen LogP contribution in [0.3, 0.4) is 0 Å². The number of benzene rings is 2. The van der Waals surface area contributed by atoms with Gasteiger partial charge in [0.15, 0.2) is 22.8 Å². The van der Waals surface area contributed by atoms with Crippen LogP contribution in [0.5, 0.6) is 11.5 Å². The molecule has 0 bridgehead atoms. The van der Waals surface area contributed by atoms with Gasteiger partial charge >= 0.3 is 0 Å². The van der Waals surface area contributed by atoms with Gasteiger partial charge in [-0.25, -0.2) is 4.52 Å². The van der Waals surface area contributed by atoms with Crippen LogP contribution in [-0.4, -0.2) is 39.9 Å². The summed E-state index contributed by atoms with van der Waals surface area (Å²) in [4.78, 5) is 12.9. The van der Waals surface area contributed by atoms with Crippen LogP contribution in [-0.2, 0) is 0 Å². The molecule has 8 nitrogen and oxygen atoms in total. The van der Waals surface area contributed by atoms with Crippen LogP contribution in [0.4, 0.5) is 5.69 Å². The van der Waals surface area contributed by atoms with E-state index in [0.29, 0.717) is 22.8 Å². The fourth-order valence-corrected chi connectivity index (χ4v) is 3.55. The van der Waals surface area contributed by atoms with Gasteiger partial charge < -0.3 is 14.8 Å². The van der Waals surface area contributed by atoms with E-state index in [2.05, 4.69) is 20.6 Å². The molecule has 4 rings (SSSR count). The van der Waals surface area contributed by atoms with E-state index in [1.165, 1.54) is 0 Å². The minimum Gasteiger partial charge on any atom is -0.493 e. The molecule has 1 amide bonds. The molecule has 0 aliphatic carbocycles. The average molecular weight is 417 g/mol. The monoisotopic (exact) mass is 417 g/mol. The van der Waals surface area contributed by atoms with E-state index in [1.807, 2.05) is 56.3 Å². The molecule has 2 aromatic heterocycles. The lowest BCUT2D eigenvalue weighted by atomic mass is 10.1. The van der Waals surface area contributed by atoms with Crippen LogP contribution < -0.4 is 14.8 Å². The van der Waals surface area contributed by atoms with Crippen molar-refractivity contribution in [1.82, 2.24) is 19.8 Å². The van der Waals surface area contributed by atoms with Gasteiger partial charge in [-0.2, -0.15) is 5.10 Å². The standard InChI is InChI=1S/C23H23N5O3/c1-13-8-6-7-9-17(13)24-23(29)21-15(3)28-22(26-25-21)20(14(2)27-28)16-10-11-18(30-4)19(12-16)31-5/h6-12H,1-5H3,(H,24,29). The van der Waals surface area contributed by atoms with Crippen molar-refractivity contribution in [2.75, 3.05) is 19.5 Å². The molecule has 2 aromatic carbocycles. The summed E-state index contributed by atoms with van der Waals surface area (Å²) < 4.78 is 12.4. The molecule has 0 aliphatic heterocycles. The van der Waals surface area contributed by atoms with Crippen LogP contribution >= 0.6 is 0 Å². The average Bonchev–Trinajstić information content (AvgIpc) is 3.11. The first kappa shape index (κ1) is 20.3. The van der Waals surface area contributed by atoms with Crippen molar-refractivity contribution in [2.45, 2.75) is 20.8 Å². The van der Waals surface area contributed by atoms with Gasteiger partial charge in [-0.3, -0.25) is 4.79 Å². The SMILES string of the molecule is COc1ccc(-c2c(C)nn3c(C)c(C(=O)Nc4ccccc4C)nnc23)cc1OC. The summed E-state index contributed by atoms with van der Waals surface area (Å²) in [6, 6.07) is 13.2. The Morgan fingerprint density at radius 1 is 0.968 bits per heavy atom. The number of carbonyl (C=O) groups is 1. The number of carbonyl (C=O) groups excluding carboxylic acids is 1. The van der Waals surface area contributed by atoms with E-state index in [1.54, 1.807) is 25.7 Å². The summed E-state index contributed by atoms with van der Waals surface area (Å²) >= 11 is 0. The maximum Gasteiger partial charge on any atom is 0.278 e. The Morgan fingerprint density at radius 3 is 2.42 bits per heavy atom. The van der Waals surface area contributed by atoms with Crippen molar-refractivity contribution in [1.29, 1.82) is 0 Å². The van der Waals surface area contributed by atoms with Gasteiger partial charge in [0.05, 0.1) is 31.2 Å². The molecule has 4 aromatic rings. The summed E-state index contributed by atoms with van der Waals surface area (Å²) in [5, 5.41) is 16.1. The highest BCUT2D eigenvalue weighted by Gasteiger charge is 2.21. The fourth-order valence-electron chi connectivity index (χ4n) is 3.55. The largest absolute Gasteiger partial charge is 0.493 e. The van der Waals surface area contributed by atoms with E-state index in [4.69, 9.17) is 9.47 Å². The number of anilines is 1. The number of amides is 1. The Morgan fingerprint density at radius 2 is 1.71 bits per heavy atom. The maximum atomic E-state index is 12.9. The lowest BCUT2D eigenvalue weighted by Gasteiger charge is -2.10. The molecular formula is C23H23N5O3. The number of para-hydroxylation sites is 1. The molecule has 0 aliphatic rings. The highest BCUT2D eigenvalue weighted by molar-refractivity contribution is 6.04. The van der Waals surface area contributed by atoms with Crippen LogP contribution in [0.2, 0.25) is 0 Å². The van der Waals surface area contributed by atoms with E-state index >= 15 is 0 Å². The van der Waals surface area contributed by atoms with Crippen molar-refractivity contribution in [2.24, 2.45) is 0 Å². The summed E-state index contributed by atoms with van der Waals surface area (Å²) in [6.45, 7) is 5.64. The van der Waals surface area contributed by atoms with E-state index in [-0.39, 0.29) is 11.6 Å². The van der Waals surface area contributed by atoms with Crippen molar-refractivity contribution in [3.63, 3.8) is 0 Å². The van der Waals surface area contributed by atoms with Gasteiger partial charge in [0, 0.05) is 5.69 Å². The van der Waals surface area contributed by atoms with Gasteiger partial charge in [-0.1, -0.05) is 24.3 Å². The Kier molecular flexibility index (Phi) is 5.29. The van der Waals surface area contributed by atoms with E-state index in [0.717, 1.165) is 28.1 Å². The Labute approximate surface area is 179 Å². The predicted octanol–water partition coefficient (Wildman–Crippen LogP) is 3.99. The first-order valence-corrected chi connectivity index (χ1v) is 9.76. The summed E-state index contributed by atoms with van der Waals surface area (Å²) in [6.07, 6.45) is 0. The second-order valence-corrected chi connectivity index (χ2v) is 7.17. The number of nitrogens with zero attached hydrogens (tertiary/aromatic N) is 4. The Bertz CT molecular complexity index is 1300. The molecule has 0 saturated carbocycles. The topological polar surface area (TPSA) is 90.6 Å². The third-order valence-electron chi connectivity index (χ3n) is 5.22. The summed E-state index contributed by atoms with van der Waals surface area (Å²) in [7, 11) is 3.18. The van der Waals surface area contributed by atoms with Gasteiger partial charge in [-0.15, -0.1) is 10.2 Å². The van der Waals surface area contributed by atoms with Crippen molar-refractivity contribution < 1.29 is 14.3 Å². The number of aryl methyl sites for hydroxylation is 3. The second kappa shape index (κ2) is 8.06. The van der Waals surface area contributed by atoms with Gasteiger partial charge in [0.1, 0.15) is 0 Å². The molecule has 0 radical (unpaired) electrons. The number of aromatic nitrogens is 4. The first-order valence-electron chi connectivity index (χ1n) is 9.76. The molecule has 0 saturated heterocycles. The molecule has 8 heteroatoms. The molecule has 0 unspecified atom stereocenters. The van der Waals surface area contributed by atoms with Crippen LogP contribution in [0, 0.1) is 20.8 Å². The van der Waals surface area contributed by atoms with Crippen LogP contribution in [0.1, 0.15) is 27.4 Å². The van der Waals surface area contributed by atoms with Crippen molar-refractivity contribution >= 4 is 17.2 Å². The third-order valence-corrected chi connectivity index (χ3v) is 5.22. The molecule has 0 fully saturated rings. The molecule has 31 heavy (non-hydrogen) atoms. The molecule has 0 atom stereocenters. The third kappa shape index (κ3) is 3.56. The minimum absolute atomic E-state index is 0.220. The molecule has 2 heterocycles. The number of hydrogen-bond acceptors (Lipinski definition) is 6. The maximum absolute atomic E-state index is 12.9. The zero-order chi connectivity index (χ0) is 22.1. The highest BCUT2D eigenvalue weighted by atomic mass is 16.5. The highest BCUT2D eigenvalue weighted by Crippen LogP contribution is 2.35. The quantitative estimate of drug-likeness (QED) is 0.528. The van der Waals surface area contributed by atoms with E-state index < -0.39 is 0 Å². The summed E-state index contributed by atoms with van der Waals surface area (Å²) in [5.74, 6) is 0.914. The zero-order valence-corrected chi connectivity index (χ0v) is 18.1. The number of ether oxygens (including phenoxy) is 2. The number of fused-ring (bicyclic) bond motifs is 1. The lowest BCUT2D eigenvalue weighted by molar-refractivity contribution is 0.102. The number of rotatable bonds is 5. The van der Waals surface area contributed by atoms with Gasteiger partial charge in [0.2, 0.25) is 0 Å². The second-order valence-electron chi connectivity index (χ2n) is 7.17. The first-order chi connectivity index (χ1) is 14.9. The van der Waals surface area contributed by atoms with Crippen LogP contribution in [0.25, 0.3) is 16.8 Å². The van der Waals surface area contributed by atoms with Gasteiger partial charge in [-0.05, 0) is 50.1 Å². The van der Waals surface area contributed by atoms with Crippen molar-refractivity contribution in [3.05, 3.63) is 65.1 Å². The number of methoxy groups -OCH3 is 2. The Balaban J connectivity index is 1.77. The molecule has 0 spiro atoms. The fraction of sp³-hybridized carbons (Fsp3) is 0.217. The van der Waals surface area contributed by atoms with Crippen molar-refractivity contribution in [3.8, 4) is 22.6 Å². The van der Waals surface area contributed by atoms with E-state index in [9.17, 15) is 4.79 Å². The minimum atomic E-state index is -0.331. The van der Waals surface area contributed by atoms with Crippen LogP contribution in [0.15, 0.2) is 42.5 Å². The molecule has 158 valence electrons. The smallest absolute Gasteiger partial charge is 0.278 e. The predicted molar refractivity (Wildman–Crippen MR) is 118 cm³/mol. The summed E-state index contributed by atoms with van der Waals surface area (Å²) in [5.41, 5.74) is 5.54. The lowest BCUT2D eigenvalue weighted by Crippen LogP contribution is -2.19. The number of nitrogens with one attached hydrogen (secondary N) is 1. The zero-order valence-electron chi connectivity index (χ0n) is 18.1. The normalized spacial score (nSPS) is 10.9. The van der Waals surface area contributed by atoms with Gasteiger partial charge in [0.25, 0.3) is 5.91 Å². The molecule has 1 N–H and O–H groups in total. The molecular weight excluding hydrogens is 394 g/mol. The Hall–Kier alpha value is -3.94.